The third kappa shape index (κ3) is 27.3. The first-order chi connectivity index (χ1) is 45.6. The molecule has 5 amide bonds. The molecular formula is C62H97N7O24S5+2. The highest BCUT2D eigenvalue weighted by molar-refractivity contribution is 7.86. The smallest absolute Gasteiger partial charge is 0.305 e. The van der Waals surface area contributed by atoms with Crippen LogP contribution in [-0.2, 0) is 104 Å². The lowest BCUT2D eigenvalue weighted by Crippen LogP contribution is -2.60. The molecule has 0 saturated heterocycles. The number of ether oxygens (including phenoxy) is 2. The van der Waals surface area contributed by atoms with Gasteiger partial charge in [0.15, 0.2) is 11.4 Å². The van der Waals surface area contributed by atoms with Gasteiger partial charge in [0.05, 0.1) is 24.0 Å². The Balaban J connectivity index is 1.27. The number of hydrogen-bond donors (Lipinski definition) is 10. The SMILES string of the molecule is CCOC(=O)CCCCCC1(C)C(C)=[N+](CCCCCC(=O)NCCCCCNC(=O)C(CS(=O)(=O)O)NC(=O)C(CS(=O)(=O)O)NC(=O)C(CS(=O)(=O)O)NC(=O)CCCCC[N+]2=C(C)C(C)(CCCCCC(=O)OCC)c3ccc(S(=O)(=O)O)cc32)c2cc(S(=O)(=O)O)ccc21. The highest BCUT2D eigenvalue weighted by Crippen LogP contribution is 2.46. The lowest BCUT2D eigenvalue weighted by atomic mass is 9.76. The van der Waals surface area contributed by atoms with Crippen molar-refractivity contribution in [3.63, 3.8) is 0 Å². The Morgan fingerprint density at radius 1 is 0.439 bits per heavy atom. The van der Waals surface area contributed by atoms with Gasteiger partial charge >= 0.3 is 11.9 Å². The molecule has 5 unspecified atom stereocenters. The number of nitrogens with one attached hydrogen (secondary N) is 5. The number of esters is 2. The van der Waals surface area contributed by atoms with Gasteiger partial charge in [0, 0.05) is 88.7 Å². The minimum Gasteiger partial charge on any atom is -0.466 e. The van der Waals surface area contributed by atoms with E-state index in [2.05, 4.69) is 22.9 Å². The van der Waals surface area contributed by atoms with Crippen molar-refractivity contribution in [3.05, 3.63) is 47.5 Å². The van der Waals surface area contributed by atoms with Crippen LogP contribution >= 0.6 is 0 Å². The summed E-state index contributed by atoms with van der Waals surface area (Å²) in [5.41, 5.74) is 3.78. The minimum absolute atomic E-state index is 0.110. The van der Waals surface area contributed by atoms with E-state index in [0.29, 0.717) is 115 Å². The number of fused-ring (bicyclic) bond motifs is 2. The Morgan fingerprint density at radius 3 is 1.17 bits per heavy atom. The lowest BCUT2D eigenvalue weighted by Gasteiger charge is -2.24. The van der Waals surface area contributed by atoms with Crippen LogP contribution in [0.2, 0.25) is 0 Å². The van der Waals surface area contributed by atoms with Gasteiger partial charge in [-0.1, -0.05) is 25.7 Å². The van der Waals surface area contributed by atoms with Crippen LogP contribution in [0.1, 0.15) is 188 Å². The van der Waals surface area contributed by atoms with Crippen LogP contribution in [0.3, 0.4) is 0 Å². The molecule has 0 spiro atoms. The number of amides is 5. The Hall–Kier alpha value is -6.38. The van der Waals surface area contributed by atoms with E-state index in [1.165, 1.54) is 24.3 Å². The summed E-state index contributed by atoms with van der Waals surface area (Å²) < 4.78 is 184. The van der Waals surface area contributed by atoms with Crippen LogP contribution in [0.25, 0.3) is 0 Å². The van der Waals surface area contributed by atoms with Gasteiger partial charge in [-0.2, -0.15) is 51.2 Å². The van der Waals surface area contributed by atoms with E-state index in [0.717, 1.165) is 41.8 Å². The molecule has 4 rings (SSSR count). The maximum Gasteiger partial charge on any atom is 0.305 e. The Bertz CT molecular complexity index is 3850. The van der Waals surface area contributed by atoms with Crippen LogP contribution in [0.4, 0.5) is 11.4 Å². The molecule has 0 aromatic heterocycles. The number of unbranched alkanes of at least 4 members (excludes halogenated alkanes) is 10. The van der Waals surface area contributed by atoms with E-state index in [1.54, 1.807) is 26.0 Å². The second kappa shape index (κ2) is 37.9. The van der Waals surface area contributed by atoms with E-state index >= 15 is 0 Å². The normalized spacial score (nSPS) is 17.3. The largest absolute Gasteiger partial charge is 0.466 e. The number of hydrogen-bond acceptors (Lipinski definition) is 19. The van der Waals surface area contributed by atoms with E-state index in [1.807, 2.05) is 40.6 Å². The average molecular weight is 1480 g/mol. The molecule has 0 fully saturated rings. The fourth-order valence-electron chi connectivity index (χ4n) is 12.1. The van der Waals surface area contributed by atoms with Crippen molar-refractivity contribution in [2.45, 2.75) is 215 Å². The quantitative estimate of drug-likeness (QED) is 0.0191. The molecule has 2 aliphatic heterocycles. The Labute approximate surface area is 574 Å². The van der Waals surface area contributed by atoms with Crippen LogP contribution in [0, 0.1) is 0 Å². The Morgan fingerprint density at radius 2 is 0.786 bits per heavy atom. The van der Waals surface area contributed by atoms with Crippen LogP contribution in [0.15, 0.2) is 46.2 Å². The first-order valence-electron chi connectivity index (χ1n) is 32.7. The Kier molecular flexibility index (Phi) is 32.5. The first-order valence-corrected chi connectivity index (χ1v) is 40.4. The van der Waals surface area contributed by atoms with Gasteiger partial charge < -0.3 is 36.1 Å². The predicted octanol–water partition coefficient (Wildman–Crippen LogP) is 4.30. The molecule has 552 valence electrons. The summed E-state index contributed by atoms with van der Waals surface area (Å²) >= 11 is 0. The third-order valence-electron chi connectivity index (χ3n) is 17.5. The highest BCUT2D eigenvalue weighted by Gasteiger charge is 2.48. The second-order valence-corrected chi connectivity index (χ2v) is 32.3. The molecule has 0 bridgehead atoms. The maximum atomic E-state index is 13.6. The van der Waals surface area contributed by atoms with Gasteiger partial charge in [0.2, 0.25) is 40.9 Å². The van der Waals surface area contributed by atoms with Crippen molar-refractivity contribution < 1.29 is 117 Å². The zero-order chi connectivity index (χ0) is 73.5. The van der Waals surface area contributed by atoms with Crippen molar-refractivity contribution >= 4 is 115 Å². The van der Waals surface area contributed by atoms with Crippen molar-refractivity contribution in [3.8, 4) is 0 Å². The molecule has 0 saturated carbocycles. The summed E-state index contributed by atoms with van der Waals surface area (Å²) in [5, 5.41) is 11.0. The van der Waals surface area contributed by atoms with Crippen molar-refractivity contribution in [1.29, 1.82) is 0 Å². The summed E-state index contributed by atoms with van der Waals surface area (Å²) in [5.74, 6) is -10.8. The minimum atomic E-state index is -5.24. The summed E-state index contributed by atoms with van der Waals surface area (Å²) in [4.78, 5) is 89.6. The first kappa shape index (κ1) is 84.0. The predicted molar refractivity (Wildman–Crippen MR) is 359 cm³/mol. The molecule has 2 aromatic carbocycles. The summed E-state index contributed by atoms with van der Waals surface area (Å²) in [6.45, 7) is 12.9. The molecule has 31 nitrogen and oxygen atoms in total. The molecule has 2 heterocycles. The zero-order valence-corrected chi connectivity index (χ0v) is 60.4. The van der Waals surface area contributed by atoms with Gasteiger partial charge in [0.25, 0.3) is 50.6 Å². The fourth-order valence-corrected chi connectivity index (χ4v) is 15.1. The van der Waals surface area contributed by atoms with Gasteiger partial charge in [-0.3, -0.25) is 56.3 Å². The zero-order valence-electron chi connectivity index (χ0n) is 56.3. The highest BCUT2D eigenvalue weighted by atomic mass is 32.2. The molecule has 98 heavy (non-hydrogen) atoms. The van der Waals surface area contributed by atoms with Crippen molar-refractivity contribution in [2.24, 2.45) is 0 Å². The topological polar surface area (TPSA) is 476 Å². The molecular weight excluding hydrogens is 1390 g/mol. The van der Waals surface area contributed by atoms with E-state index in [9.17, 15) is 98.4 Å². The third-order valence-corrected chi connectivity index (χ3v) is 21.5. The lowest BCUT2D eigenvalue weighted by molar-refractivity contribution is -0.440. The average Bonchev–Trinajstić information content (AvgIpc) is 1.59. The fraction of sp³-hybridized carbons (Fsp3) is 0.661. The van der Waals surface area contributed by atoms with Crippen molar-refractivity contribution in [2.75, 3.05) is 56.7 Å². The number of benzene rings is 2. The van der Waals surface area contributed by atoms with Crippen LogP contribution < -0.4 is 26.6 Å². The van der Waals surface area contributed by atoms with Gasteiger partial charge in [-0.25, -0.2) is 0 Å². The van der Waals surface area contributed by atoms with Gasteiger partial charge in [0.1, 0.15) is 58.3 Å². The molecule has 0 aliphatic carbocycles. The van der Waals surface area contributed by atoms with Gasteiger partial charge in [-0.05, 0) is 123 Å². The number of carbonyl (C=O) groups is 7. The molecule has 2 aromatic rings. The molecule has 36 heteroatoms. The molecule has 2 aliphatic rings. The summed E-state index contributed by atoms with van der Waals surface area (Å²) in [6, 6.07) is 2.08. The number of rotatable bonds is 46. The number of nitrogens with zero attached hydrogens (tertiary/aromatic N) is 2. The summed E-state index contributed by atoms with van der Waals surface area (Å²) in [7, 11) is -24.5. The van der Waals surface area contributed by atoms with E-state index in [-0.39, 0.29) is 79.4 Å². The number of carbonyl (C=O) groups excluding carboxylic acids is 7. The summed E-state index contributed by atoms with van der Waals surface area (Å²) in [6.07, 6.45) is 9.72. The van der Waals surface area contributed by atoms with Gasteiger partial charge in [-0.15, -0.1) is 0 Å². The standard InChI is InChI=1S/C62H95N7O24S5/c1-7-92-56(72)26-16-9-18-32-61(5)43(3)68(52-38-45(97(86,87)88)28-30-47(52)61)36-22-11-14-24-54(70)63-34-20-13-21-35-64-58(74)49(40-94(77,78)79)66-60(76)51(42-96(83,84)85)67-59(75)50(41-95(80,81)82)65-55(71)25-15-12-23-37-69-44(4)62(6,33-19-10-17-27-57(73)93-8-2)48-31-29-46(39-53(48)69)98(89,90)91/h28-31,38-39,49-51H,7-27,32-37,40-42H2,1-6H3,(H8-2,63,64,65,66,67,70,71,74,75,76,77,78,79,80,81,82,83,84,85,86,87,88,89,90,91)/p+2. The molecule has 10 N–H and O–H groups in total. The van der Waals surface area contributed by atoms with Crippen LogP contribution in [0.5, 0.6) is 0 Å². The van der Waals surface area contributed by atoms with E-state index < -0.39 is 120 Å². The second-order valence-electron chi connectivity index (χ2n) is 25.0. The molecule has 0 radical (unpaired) electrons. The monoisotopic (exact) mass is 1480 g/mol. The van der Waals surface area contributed by atoms with Crippen molar-refractivity contribution in [1.82, 2.24) is 26.6 Å². The maximum absolute atomic E-state index is 13.6. The molecule has 5 atom stereocenters. The van der Waals surface area contributed by atoms with Crippen LogP contribution in [-0.4, -0.2) is 202 Å². The van der Waals surface area contributed by atoms with E-state index in [4.69, 9.17) is 9.47 Å².